The van der Waals surface area contributed by atoms with Gasteiger partial charge in [-0.2, -0.15) is 0 Å². The van der Waals surface area contributed by atoms with E-state index >= 15 is 0 Å². The zero-order chi connectivity index (χ0) is 9.45. The van der Waals surface area contributed by atoms with Crippen LogP contribution in [-0.4, -0.2) is 28.1 Å². The Kier molecular flexibility index (Phi) is 6.71. The van der Waals surface area contributed by atoms with Gasteiger partial charge in [-0.05, 0) is 12.5 Å². The zero-order valence-corrected chi connectivity index (χ0v) is 9.85. The van der Waals surface area contributed by atoms with Gasteiger partial charge in [0.05, 0.1) is 0 Å². The van der Waals surface area contributed by atoms with Crippen LogP contribution in [-0.2, 0) is 9.47 Å². The van der Waals surface area contributed by atoms with Crippen LogP contribution in [0.4, 0.5) is 0 Å². The Hall–Kier alpha value is 0.137. The standard InChI is InChI=1S/C9H22O2Si/c1-5-6-10-9-11-7-8-12(2,3)4/h5-9H2,1-4H3. The molecule has 0 amide bonds. The van der Waals surface area contributed by atoms with Gasteiger partial charge in [0.15, 0.2) is 0 Å². The molecule has 0 aromatic carbocycles. The molecule has 3 heteroatoms. The quantitative estimate of drug-likeness (QED) is 0.349. The Morgan fingerprint density at radius 1 is 1.00 bits per heavy atom. The van der Waals surface area contributed by atoms with E-state index in [4.69, 9.17) is 9.47 Å². The molecule has 0 saturated carbocycles. The Labute approximate surface area is 77.3 Å². The summed E-state index contributed by atoms with van der Waals surface area (Å²) in [5.41, 5.74) is 0. The molecule has 2 nitrogen and oxygen atoms in total. The fourth-order valence-corrected chi connectivity index (χ4v) is 1.46. The second-order valence-electron chi connectivity index (χ2n) is 4.25. The Morgan fingerprint density at radius 3 is 2.08 bits per heavy atom. The topological polar surface area (TPSA) is 18.5 Å². The highest BCUT2D eigenvalue weighted by molar-refractivity contribution is 6.76. The van der Waals surface area contributed by atoms with Crippen LogP contribution in [0.1, 0.15) is 13.3 Å². The first-order chi connectivity index (χ1) is 5.56. The highest BCUT2D eigenvalue weighted by Crippen LogP contribution is 2.07. The second kappa shape index (κ2) is 6.63. The molecule has 0 bridgehead atoms. The Morgan fingerprint density at radius 2 is 1.58 bits per heavy atom. The predicted molar refractivity (Wildman–Crippen MR) is 55.2 cm³/mol. The molecule has 0 radical (unpaired) electrons. The second-order valence-corrected chi connectivity index (χ2v) is 9.87. The van der Waals surface area contributed by atoms with Gasteiger partial charge >= 0.3 is 0 Å². The van der Waals surface area contributed by atoms with E-state index in [9.17, 15) is 0 Å². The largest absolute Gasteiger partial charge is 0.356 e. The van der Waals surface area contributed by atoms with Crippen molar-refractivity contribution in [2.75, 3.05) is 20.0 Å². The lowest BCUT2D eigenvalue weighted by Crippen LogP contribution is -2.22. The van der Waals surface area contributed by atoms with Crippen molar-refractivity contribution in [3.8, 4) is 0 Å². The van der Waals surface area contributed by atoms with Gasteiger partial charge in [-0.3, -0.25) is 0 Å². The maximum Gasteiger partial charge on any atom is 0.146 e. The van der Waals surface area contributed by atoms with Crippen molar-refractivity contribution in [1.82, 2.24) is 0 Å². The third kappa shape index (κ3) is 10.1. The minimum atomic E-state index is -0.906. The number of rotatable bonds is 7. The number of ether oxygens (including phenoxy) is 2. The van der Waals surface area contributed by atoms with Crippen molar-refractivity contribution in [3.63, 3.8) is 0 Å². The van der Waals surface area contributed by atoms with Crippen molar-refractivity contribution in [2.45, 2.75) is 39.0 Å². The van der Waals surface area contributed by atoms with E-state index < -0.39 is 8.07 Å². The molecule has 0 fully saturated rings. The molecule has 0 saturated heterocycles. The minimum absolute atomic E-state index is 0.471. The molecule has 0 aliphatic carbocycles. The number of hydrogen-bond donors (Lipinski definition) is 0. The molecule has 74 valence electrons. The summed E-state index contributed by atoms with van der Waals surface area (Å²) in [5, 5.41) is 0. The molecule has 0 spiro atoms. The average Bonchev–Trinajstić information content (AvgIpc) is 1.94. The minimum Gasteiger partial charge on any atom is -0.356 e. The summed E-state index contributed by atoms with van der Waals surface area (Å²) < 4.78 is 10.5. The fourth-order valence-electron chi connectivity index (χ4n) is 0.699. The molecule has 12 heavy (non-hydrogen) atoms. The van der Waals surface area contributed by atoms with Gasteiger partial charge in [0.25, 0.3) is 0 Å². The van der Waals surface area contributed by atoms with E-state index in [0.717, 1.165) is 19.6 Å². The van der Waals surface area contributed by atoms with Gasteiger partial charge in [-0.25, -0.2) is 0 Å². The molecule has 0 aromatic heterocycles. The Bertz CT molecular complexity index is 99.2. The monoisotopic (exact) mass is 190 g/mol. The molecule has 0 aromatic rings. The van der Waals surface area contributed by atoms with Crippen molar-refractivity contribution in [1.29, 1.82) is 0 Å². The van der Waals surface area contributed by atoms with E-state index in [0.29, 0.717) is 6.79 Å². The normalized spacial score (nSPS) is 12.0. The van der Waals surface area contributed by atoms with E-state index in [-0.39, 0.29) is 0 Å². The highest BCUT2D eigenvalue weighted by Gasteiger charge is 2.11. The van der Waals surface area contributed by atoms with Gasteiger partial charge < -0.3 is 9.47 Å². The first-order valence-electron chi connectivity index (χ1n) is 4.72. The lowest BCUT2D eigenvalue weighted by molar-refractivity contribution is -0.0491. The third-order valence-electron chi connectivity index (χ3n) is 1.51. The van der Waals surface area contributed by atoms with Crippen LogP contribution in [0.5, 0.6) is 0 Å². The summed E-state index contributed by atoms with van der Waals surface area (Å²) in [5.74, 6) is 0. The van der Waals surface area contributed by atoms with Crippen LogP contribution in [0.3, 0.4) is 0 Å². The summed E-state index contributed by atoms with van der Waals surface area (Å²) >= 11 is 0. The van der Waals surface area contributed by atoms with E-state index in [1.807, 2.05) is 0 Å². The maximum absolute atomic E-state index is 5.32. The summed E-state index contributed by atoms with van der Waals surface area (Å²) in [6, 6.07) is 1.22. The molecule has 0 atom stereocenters. The van der Waals surface area contributed by atoms with Gasteiger partial charge in [-0.1, -0.05) is 26.6 Å². The molecule has 0 N–H and O–H groups in total. The summed E-state index contributed by atoms with van der Waals surface area (Å²) in [6.45, 7) is 11.3. The maximum atomic E-state index is 5.32. The van der Waals surface area contributed by atoms with Gasteiger partial charge in [0.2, 0.25) is 0 Å². The van der Waals surface area contributed by atoms with Crippen LogP contribution in [0.2, 0.25) is 25.7 Å². The van der Waals surface area contributed by atoms with Crippen LogP contribution < -0.4 is 0 Å². The lowest BCUT2D eigenvalue weighted by Gasteiger charge is -2.15. The van der Waals surface area contributed by atoms with Crippen LogP contribution in [0.25, 0.3) is 0 Å². The molecule has 0 unspecified atom stereocenters. The molecule has 0 aliphatic rings. The third-order valence-corrected chi connectivity index (χ3v) is 3.22. The smallest absolute Gasteiger partial charge is 0.146 e. The summed E-state index contributed by atoms with van der Waals surface area (Å²) in [7, 11) is -0.906. The zero-order valence-electron chi connectivity index (χ0n) is 8.85. The van der Waals surface area contributed by atoms with Crippen molar-refractivity contribution in [2.24, 2.45) is 0 Å². The van der Waals surface area contributed by atoms with Crippen molar-refractivity contribution >= 4 is 8.07 Å². The average molecular weight is 190 g/mol. The van der Waals surface area contributed by atoms with Crippen molar-refractivity contribution in [3.05, 3.63) is 0 Å². The molecule has 0 rings (SSSR count). The van der Waals surface area contributed by atoms with E-state index in [1.54, 1.807) is 0 Å². The van der Waals surface area contributed by atoms with Crippen LogP contribution in [0.15, 0.2) is 0 Å². The first kappa shape index (κ1) is 12.1. The lowest BCUT2D eigenvalue weighted by atomic mass is 10.5. The first-order valence-corrected chi connectivity index (χ1v) is 8.42. The fraction of sp³-hybridized carbons (Fsp3) is 1.00. The van der Waals surface area contributed by atoms with Gasteiger partial charge in [0.1, 0.15) is 6.79 Å². The SMILES string of the molecule is CCCOCOCC[Si](C)(C)C. The van der Waals surface area contributed by atoms with Gasteiger partial charge in [0, 0.05) is 21.3 Å². The van der Waals surface area contributed by atoms with Gasteiger partial charge in [-0.15, -0.1) is 0 Å². The molecular formula is C9H22O2Si. The highest BCUT2D eigenvalue weighted by atomic mass is 28.3. The molecule has 0 heterocycles. The molecular weight excluding hydrogens is 168 g/mol. The number of hydrogen-bond acceptors (Lipinski definition) is 2. The molecule has 0 aliphatic heterocycles. The predicted octanol–water partition coefficient (Wildman–Crippen LogP) is 2.73. The summed E-state index contributed by atoms with van der Waals surface area (Å²) in [4.78, 5) is 0. The van der Waals surface area contributed by atoms with E-state index in [2.05, 4.69) is 26.6 Å². The van der Waals surface area contributed by atoms with Crippen LogP contribution >= 0.6 is 0 Å². The van der Waals surface area contributed by atoms with Crippen LogP contribution in [0, 0.1) is 0 Å². The van der Waals surface area contributed by atoms with E-state index in [1.165, 1.54) is 6.04 Å². The van der Waals surface area contributed by atoms with Crippen molar-refractivity contribution < 1.29 is 9.47 Å². The Balaban J connectivity index is 3.01. The summed E-state index contributed by atoms with van der Waals surface area (Å²) in [6.07, 6.45) is 1.07.